The van der Waals surface area contributed by atoms with Crippen molar-refractivity contribution in [1.29, 1.82) is 0 Å². The summed E-state index contributed by atoms with van der Waals surface area (Å²) in [4.78, 5) is 17.3. The van der Waals surface area contributed by atoms with E-state index < -0.39 is 0 Å². The van der Waals surface area contributed by atoms with Gasteiger partial charge in [0.05, 0.1) is 17.2 Å². The van der Waals surface area contributed by atoms with Gasteiger partial charge in [-0.25, -0.2) is 4.98 Å². The van der Waals surface area contributed by atoms with Crippen molar-refractivity contribution in [3.8, 4) is 0 Å². The number of fused-ring (bicyclic) bond motifs is 1. The molecule has 1 aromatic carbocycles. The van der Waals surface area contributed by atoms with Crippen molar-refractivity contribution in [2.75, 3.05) is 0 Å². The number of H-pyrrole nitrogens is 1. The molecule has 2 aromatic rings. The molecule has 1 N–H and O–H groups in total. The van der Waals surface area contributed by atoms with Crippen molar-refractivity contribution in [2.45, 2.75) is 0 Å². The Bertz CT molecular complexity index is 478. The van der Waals surface area contributed by atoms with Crippen LogP contribution in [-0.2, 0) is 0 Å². The molecule has 2 rings (SSSR count). The summed E-state index contributed by atoms with van der Waals surface area (Å²) in [6.07, 6.45) is -0.0984. The van der Waals surface area contributed by atoms with Crippen LogP contribution in [0.15, 0.2) is 35.4 Å². The number of aromatic nitrogens is 2. The highest BCUT2D eigenvalue weighted by atomic mass is 16.1. The van der Waals surface area contributed by atoms with Crippen LogP contribution in [0.2, 0.25) is 0 Å². The topological polar surface area (TPSA) is 45.8 Å². The molecule has 0 amide bonds. The average molecular weight is 147 g/mol. The molecule has 0 aliphatic carbocycles. The van der Waals surface area contributed by atoms with Gasteiger partial charge in [0.1, 0.15) is 1.37 Å². The first kappa shape index (κ1) is 5.07. The van der Waals surface area contributed by atoms with E-state index in [1.807, 2.05) is 0 Å². The minimum atomic E-state index is -0.259. The van der Waals surface area contributed by atoms with E-state index in [2.05, 4.69) is 9.97 Å². The Kier molecular flexibility index (Phi) is 1.01. The van der Waals surface area contributed by atoms with Crippen LogP contribution >= 0.6 is 0 Å². The smallest absolute Gasteiger partial charge is 0.258 e. The van der Waals surface area contributed by atoms with E-state index in [0.29, 0.717) is 10.9 Å². The fraction of sp³-hybridized carbons (Fsp3) is 0. The maximum Gasteiger partial charge on any atom is 0.258 e. The van der Waals surface area contributed by atoms with E-state index in [0.717, 1.165) is 0 Å². The van der Waals surface area contributed by atoms with Crippen LogP contribution in [0.1, 0.15) is 1.37 Å². The first-order valence-electron chi connectivity index (χ1n) is 3.73. The molecule has 3 heteroatoms. The zero-order valence-electron chi connectivity index (χ0n) is 6.66. The standard InChI is InChI=1S/C8H6N2O/c11-8-6-3-1-2-4-7(6)9-5-10-8/h1-5H,(H,9,10,11)/i5D. The quantitative estimate of drug-likeness (QED) is 0.602. The second-order valence-corrected chi connectivity index (χ2v) is 2.19. The van der Waals surface area contributed by atoms with Crippen molar-refractivity contribution >= 4 is 10.9 Å². The fourth-order valence-electron chi connectivity index (χ4n) is 0.969. The summed E-state index contributed by atoms with van der Waals surface area (Å²) < 4.78 is 7.15. The molecule has 0 saturated heterocycles. The highest BCUT2D eigenvalue weighted by molar-refractivity contribution is 5.76. The van der Waals surface area contributed by atoms with Crippen molar-refractivity contribution in [3.63, 3.8) is 0 Å². The number of nitrogens with one attached hydrogen (secondary N) is 1. The molecule has 0 radical (unpaired) electrons. The third-order valence-electron chi connectivity index (χ3n) is 1.49. The van der Waals surface area contributed by atoms with E-state index >= 15 is 0 Å². The van der Waals surface area contributed by atoms with Crippen LogP contribution < -0.4 is 5.56 Å². The third-order valence-corrected chi connectivity index (χ3v) is 1.49. The van der Waals surface area contributed by atoms with Crippen LogP contribution in [0, 0.1) is 0 Å². The third kappa shape index (κ3) is 0.902. The molecule has 0 aliphatic rings. The molecule has 11 heavy (non-hydrogen) atoms. The lowest BCUT2D eigenvalue weighted by Crippen LogP contribution is -2.05. The van der Waals surface area contributed by atoms with Gasteiger partial charge in [0.25, 0.3) is 5.56 Å². The summed E-state index contributed by atoms with van der Waals surface area (Å²) in [6, 6.07) is 6.94. The Hall–Kier alpha value is -1.64. The second-order valence-electron chi connectivity index (χ2n) is 2.19. The van der Waals surface area contributed by atoms with Gasteiger partial charge >= 0.3 is 0 Å². The fourth-order valence-corrected chi connectivity index (χ4v) is 0.969. The van der Waals surface area contributed by atoms with Crippen LogP contribution in [0.3, 0.4) is 0 Å². The lowest BCUT2D eigenvalue weighted by Gasteiger charge is -1.91. The maximum absolute atomic E-state index is 11.2. The zero-order chi connectivity index (χ0) is 8.55. The maximum atomic E-state index is 11.2. The lowest BCUT2D eigenvalue weighted by atomic mass is 10.2. The van der Waals surface area contributed by atoms with E-state index in [1.165, 1.54) is 0 Å². The van der Waals surface area contributed by atoms with Crippen LogP contribution in [-0.4, -0.2) is 9.97 Å². The molecule has 1 heterocycles. The van der Waals surface area contributed by atoms with Crippen molar-refractivity contribution < 1.29 is 1.37 Å². The Morgan fingerprint density at radius 1 is 1.45 bits per heavy atom. The molecule has 3 nitrogen and oxygen atoms in total. The molecule has 54 valence electrons. The second kappa shape index (κ2) is 2.20. The molecule has 0 aliphatic heterocycles. The molecule has 0 unspecified atom stereocenters. The molecule has 1 aromatic heterocycles. The molecular weight excluding hydrogens is 140 g/mol. The largest absolute Gasteiger partial charge is 0.313 e. The molecule has 0 spiro atoms. The number of rotatable bonds is 0. The van der Waals surface area contributed by atoms with Crippen molar-refractivity contribution in [3.05, 3.63) is 40.9 Å². The minimum Gasteiger partial charge on any atom is -0.313 e. The molecule has 0 saturated carbocycles. The van der Waals surface area contributed by atoms with E-state index in [4.69, 9.17) is 1.37 Å². The van der Waals surface area contributed by atoms with Gasteiger partial charge in [0.2, 0.25) is 0 Å². The summed E-state index contributed by atoms with van der Waals surface area (Å²) in [6.45, 7) is 0. The average Bonchev–Trinajstić information content (AvgIpc) is 2.04. The zero-order valence-corrected chi connectivity index (χ0v) is 5.66. The van der Waals surface area contributed by atoms with Crippen LogP contribution in [0.5, 0.6) is 0 Å². The monoisotopic (exact) mass is 147 g/mol. The molecular formula is C8H6N2O. The summed E-state index contributed by atoms with van der Waals surface area (Å²) in [5, 5.41) is 0.522. The predicted octanol–water partition coefficient (Wildman–Crippen LogP) is 0.923. The SMILES string of the molecule is [2H]c1nc2ccccc2c(=O)[nH]1. The van der Waals surface area contributed by atoms with E-state index in [1.54, 1.807) is 24.3 Å². The first-order valence-corrected chi connectivity index (χ1v) is 3.23. The highest BCUT2D eigenvalue weighted by Crippen LogP contribution is 2.02. The summed E-state index contributed by atoms with van der Waals surface area (Å²) in [5.74, 6) is 0. The van der Waals surface area contributed by atoms with Gasteiger partial charge in [-0.2, -0.15) is 0 Å². The Labute approximate surface area is 64.1 Å². The minimum absolute atomic E-state index is 0.0984. The van der Waals surface area contributed by atoms with Gasteiger partial charge in [0, 0.05) is 0 Å². The van der Waals surface area contributed by atoms with Crippen LogP contribution in [0.4, 0.5) is 0 Å². The number of hydrogen-bond donors (Lipinski definition) is 1. The summed E-state index contributed by atoms with van der Waals surface area (Å²) >= 11 is 0. The Morgan fingerprint density at radius 3 is 3.18 bits per heavy atom. The summed E-state index contributed by atoms with van der Waals surface area (Å²) in [5.41, 5.74) is 0.303. The molecule has 0 bridgehead atoms. The number of aromatic amines is 1. The van der Waals surface area contributed by atoms with Crippen LogP contribution in [0.25, 0.3) is 10.9 Å². The predicted molar refractivity (Wildman–Crippen MR) is 42.4 cm³/mol. The normalized spacial score (nSPS) is 11.5. The highest BCUT2D eigenvalue weighted by Gasteiger charge is 1.94. The van der Waals surface area contributed by atoms with Gasteiger partial charge < -0.3 is 4.98 Å². The Balaban J connectivity index is 2.99. The van der Waals surface area contributed by atoms with Crippen molar-refractivity contribution in [2.24, 2.45) is 0 Å². The summed E-state index contributed by atoms with van der Waals surface area (Å²) in [7, 11) is 0. The van der Waals surface area contributed by atoms with Gasteiger partial charge in [-0.3, -0.25) is 4.79 Å². The number of para-hydroxylation sites is 1. The lowest BCUT2D eigenvalue weighted by molar-refractivity contribution is 1.17. The van der Waals surface area contributed by atoms with Crippen molar-refractivity contribution in [1.82, 2.24) is 9.97 Å². The van der Waals surface area contributed by atoms with Gasteiger partial charge in [-0.1, -0.05) is 12.1 Å². The van der Waals surface area contributed by atoms with E-state index in [-0.39, 0.29) is 11.9 Å². The van der Waals surface area contributed by atoms with E-state index in [9.17, 15) is 4.79 Å². The van der Waals surface area contributed by atoms with Gasteiger partial charge in [-0.05, 0) is 12.1 Å². The molecule has 0 atom stereocenters. The number of benzene rings is 1. The van der Waals surface area contributed by atoms with Gasteiger partial charge in [0.15, 0.2) is 0 Å². The number of hydrogen-bond acceptors (Lipinski definition) is 2. The Morgan fingerprint density at radius 2 is 2.27 bits per heavy atom. The molecule has 0 fully saturated rings. The van der Waals surface area contributed by atoms with Gasteiger partial charge in [-0.15, -0.1) is 0 Å². The number of nitrogens with zero attached hydrogens (tertiary/aromatic N) is 1. The first-order chi connectivity index (χ1) is 5.77.